The first-order valence-corrected chi connectivity index (χ1v) is 8.13. The smallest absolute Gasteiger partial charge is 0.0220 e. The van der Waals surface area contributed by atoms with Crippen LogP contribution in [0.3, 0.4) is 0 Å². The van der Waals surface area contributed by atoms with E-state index in [9.17, 15) is 0 Å². The first kappa shape index (κ1) is 17.9. The van der Waals surface area contributed by atoms with Crippen LogP contribution < -0.4 is 5.32 Å². The van der Waals surface area contributed by atoms with Crippen LogP contribution in [0.25, 0.3) is 0 Å². The van der Waals surface area contributed by atoms with E-state index in [2.05, 4.69) is 44.8 Å². The molecule has 0 radical (unpaired) electrons. The Labute approximate surface area is 116 Å². The summed E-state index contributed by atoms with van der Waals surface area (Å²) in [7, 11) is 0. The van der Waals surface area contributed by atoms with Gasteiger partial charge in [-0.1, -0.05) is 53.9 Å². The fourth-order valence-corrected chi connectivity index (χ4v) is 2.32. The molecule has 0 aliphatic carbocycles. The average Bonchev–Trinajstić information content (AvgIpc) is 2.35. The van der Waals surface area contributed by atoms with Crippen LogP contribution in [-0.4, -0.2) is 36.6 Å². The highest BCUT2D eigenvalue weighted by Gasteiger charge is 2.16. The Kier molecular flexibility index (Phi) is 11.9. The molecular weight excluding hydrogens is 220 g/mol. The van der Waals surface area contributed by atoms with E-state index in [1.54, 1.807) is 0 Å². The molecule has 18 heavy (non-hydrogen) atoms. The second-order valence-electron chi connectivity index (χ2n) is 5.75. The van der Waals surface area contributed by atoms with Crippen LogP contribution in [0, 0.1) is 0 Å². The SMILES string of the molecule is CCCCN(CCCC)C(CCC)CNC(C)C. The van der Waals surface area contributed by atoms with Gasteiger partial charge in [-0.3, -0.25) is 4.90 Å². The number of nitrogens with zero attached hydrogens (tertiary/aromatic N) is 1. The van der Waals surface area contributed by atoms with E-state index in [0.29, 0.717) is 6.04 Å². The lowest BCUT2D eigenvalue weighted by molar-refractivity contribution is 0.173. The van der Waals surface area contributed by atoms with Gasteiger partial charge in [0, 0.05) is 18.6 Å². The fourth-order valence-electron chi connectivity index (χ4n) is 2.32. The van der Waals surface area contributed by atoms with Crippen LogP contribution in [0.5, 0.6) is 0 Å². The van der Waals surface area contributed by atoms with Crippen LogP contribution in [0.15, 0.2) is 0 Å². The van der Waals surface area contributed by atoms with E-state index >= 15 is 0 Å². The number of hydrogen-bond donors (Lipinski definition) is 1. The van der Waals surface area contributed by atoms with Crippen LogP contribution in [0.4, 0.5) is 0 Å². The molecule has 0 amide bonds. The second-order valence-corrected chi connectivity index (χ2v) is 5.75. The first-order chi connectivity index (χ1) is 8.65. The summed E-state index contributed by atoms with van der Waals surface area (Å²) in [5, 5.41) is 3.62. The number of rotatable bonds is 12. The van der Waals surface area contributed by atoms with Crippen molar-refractivity contribution in [2.24, 2.45) is 0 Å². The highest BCUT2D eigenvalue weighted by molar-refractivity contribution is 4.75. The summed E-state index contributed by atoms with van der Waals surface area (Å²) >= 11 is 0. The van der Waals surface area contributed by atoms with Crippen molar-refractivity contribution in [2.75, 3.05) is 19.6 Å². The summed E-state index contributed by atoms with van der Waals surface area (Å²) in [4.78, 5) is 2.73. The Morgan fingerprint density at radius 2 is 1.44 bits per heavy atom. The molecule has 0 rings (SSSR count). The maximum absolute atomic E-state index is 3.62. The summed E-state index contributed by atoms with van der Waals surface area (Å²) in [6.45, 7) is 15.1. The molecule has 0 saturated heterocycles. The Morgan fingerprint density at radius 3 is 1.83 bits per heavy atom. The van der Waals surface area contributed by atoms with E-state index in [1.165, 1.54) is 51.6 Å². The van der Waals surface area contributed by atoms with Crippen molar-refractivity contribution in [3.63, 3.8) is 0 Å². The Morgan fingerprint density at radius 1 is 0.889 bits per heavy atom. The predicted octanol–water partition coefficient (Wildman–Crippen LogP) is 4.06. The van der Waals surface area contributed by atoms with Crippen molar-refractivity contribution in [2.45, 2.75) is 85.2 Å². The van der Waals surface area contributed by atoms with Gasteiger partial charge in [-0.25, -0.2) is 0 Å². The van der Waals surface area contributed by atoms with Gasteiger partial charge in [-0.05, 0) is 32.4 Å². The van der Waals surface area contributed by atoms with Crippen molar-refractivity contribution in [1.82, 2.24) is 10.2 Å². The topological polar surface area (TPSA) is 15.3 Å². The van der Waals surface area contributed by atoms with Crippen LogP contribution in [0.2, 0.25) is 0 Å². The zero-order valence-electron chi connectivity index (χ0n) is 13.5. The number of hydrogen-bond acceptors (Lipinski definition) is 2. The van der Waals surface area contributed by atoms with E-state index in [1.807, 2.05) is 0 Å². The van der Waals surface area contributed by atoms with Crippen molar-refractivity contribution in [3.8, 4) is 0 Å². The lowest BCUT2D eigenvalue weighted by Crippen LogP contribution is -2.44. The van der Waals surface area contributed by atoms with E-state index in [-0.39, 0.29) is 0 Å². The van der Waals surface area contributed by atoms with Gasteiger partial charge in [-0.2, -0.15) is 0 Å². The zero-order valence-corrected chi connectivity index (χ0v) is 13.5. The molecule has 0 aromatic carbocycles. The van der Waals surface area contributed by atoms with Gasteiger partial charge >= 0.3 is 0 Å². The van der Waals surface area contributed by atoms with E-state index < -0.39 is 0 Å². The van der Waals surface area contributed by atoms with Crippen molar-refractivity contribution < 1.29 is 0 Å². The maximum atomic E-state index is 3.62. The molecule has 0 aliphatic heterocycles. The van der Waals surface area contributed by atoms with Crippen LogP contribution >= 0.6 is 0 Å². The van der Waals surface area contributed by atoms with Crippen molar-refractivity contribution in [3.05, 3.63) is 0 Å². The lowest BCUT2D eigenvalue weighted by Gasteiger charge is -2.32. The molecule has 0 spiro atoms. The van der Waals surface area contributed by atoms with Crippen molar-refractivity contribution in [1.29, 1.82) is 0 Å². The molecule has 0 heterocycles. The molecule has 0 fully saturated rings. The molecule has 0 bridgehead atoms. The number of unbranched alkanes of at least 4 members (excludes halogenated alkanes) is 2. The summed E-state index contributed by atoms with van der Waals surface area (Å²) in [6, 6.07) is 1.33. The molecule has 1 unspecified atom stereocenters. The molecular formula is C16H36N2. The summed E-state index contributed by atoms with van der Waals surface area (Å²) < 4.78 is 0. The van der Waals surface area contributed by atoms with Gasteiger partial charge in [0.1, 0.15) is 0 Å². The monoisotopic (exact) mass is 256 g/mol. The molecule has 1 atom stereocenters. The summed E-state index contributed by atoms with van der Waals surface area (Å²) in [5.41, 5.74) is 0. The Bertz CT molecular complexity index is 160. The minimum Gasteiger partial charge on any atom is -0.313 e. The first-order valence-electron chi connectivity index (χ1n) is 8.13. The Hall–Kier alpha value is -0.0800. The molecule has 0 aromatic heterocycles. The minimum absolute atomic E-state index is 0.601. The largest absolute Gasteiger partial charge is 0.313 e. The molecule has 110 valence electrons. The average molecular weight is 256 g/mol. The summed E-state index contributed by atoms with van der Waals surface area (Å²) in [6.07, 6.45) is 7.90. The molecule has 0 aliphatic rings. The van der Waals surface area contributed by atoms with Gasteiger partial charge in [0.05, 0.1) is 0 Å². The zero-order chi connectivity index (χ0) is 13.8. The molecule has 0 saturated carbocycles. The van der Waals surface area contributed by atoms with Gasteiger partial charge in [0.2, 0.25) is 0 Å². The van der Waals surface area contributed by atoms with E-state index in [0.717, 1.165) is 12.6 Å². The second kappa shape index (κ2) is 12.0. The van der Waals surface area contributed by atoms with Gasteiger partial charge < -0.3 is 5.32 Å². The minimum atomic E-state index is 0.601. The number of nitrogens with one attached hydrogen (secondary N) is 1. The molecule has 2 nitrogen and oxygen atoms in total. The van der Waals surface area contributed by atoms with Gasteiger partial charge in [-0.15, -0.1) is 0 Å². The van der Waals surface area contributed by atoms with Crippen LogP contribution in [0.1, 0.15) is 73.1 Å². The van der Waals surface area contributed by atoms with E-state index in [4.69, 9.17) is 0 Å². The molecule has 0 aromatic rings. The highest BCUT2D eigenvalue weighted by atomic mass is 15.2. The third kappa shape index (κ3) is 8.93. The quantitative estimate of drug-likeness (QED) is 0.566. The van der Waals surface area contributed by atoms with Crippen LogP contribution in [-0.2, 0) is 0 Å². The molecule has 2 heteroatoms. The fraction of sp³-hybridized carbons (Fsp3) is 1.00. The van der Waals surface area contributed by atoms with Gasteiger partial charge in [0.15, 0.2) is 0 Å². The third-order valence-electron chi connectivity index (χ3n) is 3.50. The maximum Gasteiger partial charge on any atom is 0.0220 e. The van der Waals surface area contributed by atoms with Gasteiger partial charge in [0.25, 0.3) is 0 Å². The third-order valence-corrected chi connectivity index (χ3v) is 3.50. The molecule has 1 N–H and O–H groups in total. The lowest BCUT2D eigenvalue weighted by atomic mass is 10.1. The highest BCUT2D eigenvalue weighted by Crippen LogP contribution is 2.10. The predicted molar refractivity (Wildman–Crippen MR) is 83.2 cm³/mol. The summed E-state index contributed by atoms with van der Waals surface area (Å²) in [5.74, 6) is 0. The standard InChI is InChI=1S/C16H36N2/c1-6-9-12-18(13-10-7-2)16(11-8-3)14-17-15(4)5/h15-17H,6-14H2,1-5H3. The Balaban J connectivity index is 4.30. The normalized spacial score (nSPS) is 13.5. The van der Waals surface area contributed by atoms with Crippen molar-refractivity contribution >= 4 is 0 Å².